The van der Waals surface area contributed by atoms with Crippen LogP contribution < -0.4 is 14.2 Å². The SMILES string of the molecule is COc1cc(CC[C@@H](C[C@@H](O)[C@H](CO)Cc2cc(OC)c(O)c(OC)c2)OCO)ccc1O. The largest absolute Gasteiger partial charge is 0.504 e. The molecule has 184 valence electrons. The van der Waals surface area contributed by atoms with Crippen LogP contribution in [0.25, 0.3) is 0 Å². The van der Waals surface area contributed by atoms with Gasteiger partial charge in [0.2, 0.25) is 5.75 Å². The van der Waals surface area contributed by atoms with E-state index in [2.05, 4.69) is 0 Å². The zero-order valence-corrected chi connectivity index (χ0v) is 19.2. The first kappa shape index (κ1) is 26.5. The minimum absolute atomic E-state index is 0.0492. The molecule has 2 aromatic carbocycles. The molecule has 0 radical (unpaired) electrons. The van der Waals surface area contributed by atoms with Gasteiger partial charge in [-0.05, 0) is 61.1 Å². The summed E-state index contributed by atoms with van der Waals surface area (Å²) >= 11 is 0. The maximum absolute atomic E-state index is 10.8. The fourth-order valence-corrected chi connectivity index (χ4v) is 3.73. The van der Waals surface area contributed by atoms with E-state index in [-0.39, 0.29) is 36.0 Å². The summed E-state index contributed by atoms with van der Waals surface area (Å²) in [5.41, 5.74) is 1.63. The average Bonchev–Trinajstić information content (AvgIpc) is 2.82. The molecule has 0 aromatic heterocycles. The zero-order chi connectivity index (χ0) is 24.4. The van der Waals surface area contributed by atoms with Crippen molar-refractivity contribution in [2.45, 2.75) is 37.9 Å². The number of aliphatic hydroxyl groups is 3. The normalized spacial score (nSPS) is 13.9. The molecule has 0 aliphatic rings. The second-order valence-corrected chi connectivity index (χ2v) is 7.76. The van der Waals surface area contributed by atoms with Gasteiger partial charge < -0.3 is 44.5 Å². The van der Waals surface area contributed by atoms with Crippen molar-refractivity contribution in [2.75, 3.05) is 34.7 Å². The molecule has 2 aromatic rings. The van der Waals surface area contributed by atoms with Crippen molar-refractivity contribution in [2.24, 2.45) is 5.92 Å². The van der Waals surface area contributed by atoms with Gasteiger partial charge in [-0.2, -0.15) is 0 Å². The van der Waals surface area contributed by atoms with Crippen LogP contribution in [0, 0.1) is 5.92 Å². The molecular weight excluding hydrogens is 432 g/mol. The number of phenolic OH excluding ortho intramolecular Hbond substituents is 2. The Bertz CT molecular complexity index is 846. The summed E-state index contributed by atoms with van der Waals surface area (Å²) in [6.07, 6.45) is 0.225. The number of hydrogen-bond donors (Lipinski definition) is 5. The Labute approximate surface area is 193 Å². The van der Waals surface area contributed by atoms with Gasteiger partial charge in [0.05, 0.1) is 33.5 Å². The number of aliphatic hydroxyl groups excluding tert-OH is 3. The van der Waals surface area contributed by atoms with Crippen LogP contribution >= 0.6 is 0 Å². The second-order valence-electron chi connectivity index (χ2n) is 7.76. The lowest BCUT2D eigenvalue weighted by Crippen LogP contribution is -2.31. The van der Waals surface area contributed by atoms with E-state index < -0.39 is 24.9 Å². The summed E-state index contributed by atoms with van der Waals surface area (Å²) in [4.78, 5) is 0. The van der Waals surface area contributed by atoms with E-state index in [9.17, 15) is 25.5 Å². The number of hydrogen-bond acceptors (Lipinski definition) is 9. The molecule has 33 heavy (non-hydrogen) atoms. The minimum atomic E-state index is -0.910. The summed E-state index contributed by atoms with van der Waals surface area (Å²) in [6.45, 7) is -0.764. The maximum Gasteiger partial charge on any atom is 0.200 e. The quantitative estimate of drug-likeness (QED) is 0.265. The molecule has 0 amide bonds. The Morgan fingerprint density at radius 3 is 2.00 bits per heavy atom. The third kappa shape index (κ3) is 7.40. The van der Waals surface area contributed by atoms with Crippen molar-refractivity contribution >= 4 is 0 Å². The highest BCUT2D eigenvalue weighted by Crippen LogP contribution is 2.38. The smallest absolute Gasteiger partial charge is 0.200 e. The molecule has 0 aliphatic carbocycles. The maximum atomic E-state index is 10.8. The first-order valence-electron chi connectivity index (χ1n) is 10.7. The molecule has 0 heterocycles. The van der Waals surface area contributed by atoms with E-state index in [4.69, 9.17) is 18.9 Å². The standard InChI is InChI=1S/C24H34O9/c1-30-21-9-15(5-7-19(21)27)4-6-18(33-14-26)12-20(28)17(13-25)8-16-10-22(31-2)24(29)23(11-16)32-3/h5,7,9-11,17-18,20,25-29H,4,6,8,12-14H2,1-3H3/t17-,18-,20+/m0/s1. The molecule has 0 bridgehead atoms. The number of aromatic hydroxyl groups is 2. The van der Waals surface area contributed by atoms with Crippen molar-refractivity contribution in [3.05, 3.63) is 41.5 Å². The second kappa shape index (κ2) is 13.1. The van der Waals surface area contributed by atoms with Crippen LogP contribution in [0.2, 0.25) is 0 Å². The van der Waals surface area contributed by atoms with E-state index >= 15 is 0 Å². The van der Waals surface area contributed by atoms with Crippen molar-refractivity contribution in [3.63, 3.8) is 0 Å². The molecule has 2 rings (SSSR count). The topological polar surface area (TPSA) is 138 Å². The van der Waals surface area contributed by atoms with Crippen molar-refractivity contribution in [1.29, 1.82) is 0 Å². The van der Waals surface area contributed by atoms with E-state index in [0.717, 1.165) is 11.1 Å². The van der Waals surface area contributed by atoms with Gasteiger partial charge >= 0.3 is 0 Å². The molecule has 3 atom stereocenters. The molecular formula is C24H34O9. The Morgan fingerprint density at radius 2 is 1.45 bits per heavy atom. The van der Waals surface area contributed by atoms with Gasteiger partial charge in [0.15, 0.2) is 23.0 Å². The summed E-state index contributed by atoms with van der Waals surface area (Å²) in [6, 6.07) is 8.31. The van der Waals surface area contributed by atoms with Crippen LogP contribution in [0.4, 0.5) is 0 Å². The number of phenols is 2. The monoisotopic (exact) mass is 466 g/mol. The van der Waals surface area contributed by atoms with Gasteiger partial charge in [-0.1, -0.05) is 6.07 Å². The summed E-state index contributed by atoms with van der Waals surface area (Å²) < 4.78 is 20.9. The van der Waals surface area contributed by atoms with Crippen molar-refractivity contribution in [3.8, 4) is 28.7 Å². The van der Waals surface area contributed by atoms with E-state index in [1.807, 2.05) is 0 Å². The van der Waals surface area contributed by atoms with Crippen LogP contribution in [0.3, 0.4) is 0 Å². The fraction of sp³-hybridized carbons (Fsp3) is 0.500. The van der Waals surface area contributed by atoms with Gasteiger partial charge in [0.25, 0.3) is 0 Å². The highest BCUT2D eigenvalue weighted by atomic mass is 16.6. The number of benzene rings is 2. The van der Waals surface area contributed by atoms with Crippen LogP contribution in [-0.2, 0) is 17.6 Å². The highest BCUT2D eigenvalue weighted by Gasteiger charge is 2.25. The van der Waals surface area contributed by atoms with Crippen LogP contribution in [-0.4, -0.2) is 72.5 Å². The van der Waals surface area contributed by atoms with E-state index in [1.165, 1.54) is 21.3 Å². The Morgan fingerprint density at radius 1 is 0.848 bits per heavy atom. The van der Waals surface area contributed by atoms with Gasteiger partial charge in [0, 0.05) is 12.5 Å². The molecule has 5 N–H and O–H groups in total. The van der Waals surface area contributed by atoms with Crippen molar-refractivity contribution in [1.82, 2.24) is 0 Å². The third-order valence-corrected chi connectivity index (χ3v) is 5.63. The Hall–Kier alpha value is -2.72. The number of aryl methyl sites for hydroxylation is 1. The zero-order valence-electron chi connectivity index (χ0n) is 19.2. The van der Waals surface area contributed by atoms with Crippen molar-refractivity contribution < 1.29 is 44.5 Å². The van der Waals surface area contributed by atoms with Gasteiger partial charge in [0.1, 0.15) is 6.79 Å². The highest BCUT2D eigenvalue weighted by molar-refractivity contribution is 5.52. The predicted octanol–water partition coefficient (Wildman–Crippen LogP) is 1.99. The van der Waals surface area contributed by atoms with E-state index in [1.54, 1.807) is 30.3 Å². The third-order valence-electron chi connectivity index (χ3n) is 5.63. The molecule has 0 spiro atoms. The Kier molecular flexibility index (Phi) is 10.5. The lowest BCUT2D eigenvalue weighted by molar-refractivity contribution is -0.0765. The van der Waals surface area contributed by atoms with Gasteiger partial charge in [-0.15, -0.1) is 0 Å². The van der Waals surface area contributed by atoms with Crippen LogP contribution in [0.1, 0.15) is 24.0 Å². The van der Waals surface area contributed by atoms with Gasteiger partial charge in [-0.3, -0.25) is 0 Å². The molecule has 0 saturated carbocycles. The van der Waals surface area contributed by atoms with Gasteiger partial charge in [-0.25, -0.2) is 0 Å². The first-order chi connectivity index (χ1) is 15.9. The summed E-state index contributed by atoms with van der Waals surface area (Å²) in [5, 5.41) is 49.8. The fourth-order valence-electron chi connectivity index (χ4n) is 3.73. The summed E-state index contributed by atoms with van der Waals surface area (Å²) in [5.74, 6) is 0.262. The summed E-state index contributed by atoms with van der Waals surface area (Å²) in [7, 11) is 4.33. The predicted molar refractivity (Wildman–Crippen MR) is 121 cm³/mol. The molecule has 9 nitrogen and oxygen atoms in total. The first-order valence-corrected chi connectivity index (χ1v) is 10.7. The number of ether oxygens (including phenoxy) is 4. The number of rotatable bonds is 14. The molecule has 0 fully saturated rings. The molecule has 0 unspecified atom stereocenters. The van der Waals surface area contributed by atoms with Crippen LogP contribution in [0.15, 0.2) is 30.3 Å². The lowest BCUT2D eigenvalue weighted by atomic mass is 9.90. The minimum Gasteiger partial charge on any atom is -0.504 e. The number of methoxy groups -OCH3 is 3. The molecule has 0 aliphatic heterocycles. The van der Waals surface area contributed by atoms with E-state index in [0.29, 0.717) is 25.0 Å². The molecule has 0 saturated heterocycles. The Balaban J connectivity index is 2.06. The van der Waals surface area contributed by atoms with Crippen LogP contribution in [0.5, 0.6) is 28.7 Å². The average molecular weight is 467 g/mol. The lowest BCUT2D eigenvalue weighted by Gasteiger charge is -2.26. The molecule has 9 heteroatoms.